The molecular weight excluding hydrogens is 256 g/mol. The van der Waals surface area contributed by atoms with Crippen LogP contribution in [-0.4, -0.2) is 21.0 Å². The van der Waals surface area contributed by atoms with Gasteiger partial charge in [0, 0.05) is 11.8 Å². The van der Waals surface area contributed by atoms with Crippen LogP contribution in [0.5, 0.6) is 0 Å². The lowest BCUT2D eigenvalue weighted by Crippen LogP contribution is -2.01. The van der Waals surface area contributed by atoms with E-state index in [2.05, 4.69) is 9.97 Å². The molecule has 0 saturated heterocycles. The summed E-state index contributed by atoms with van der Waals surface area (Å²) in [4.78, 5) is 19.5. The molecule has 20 heavy (non-hydrogen) atoms. The fourth-order valence-electron chi connectivity index (χ4n) is 1.88. The molecule has 0 bridgehead atoms. The summed E-state index contributed by atoms with van der Waals surface area (Å²) in [6, 6.07) is 12.4. The number of hydrogen-bond donors (Lipinski definition) is 1. The topological polar surface area (TPSA) is 76.2 Å². The first-order valence-corrected chi connectivity index (χ1v) is 5.95. The molecule has 0 radical (unpaired) electrons. The van der Waals surface area contributed by atoms with Crippen LogP contribution in [0.4, 0.5) is 0 Å². The molecule has 0 fully saturated rings. The molecule has 1 aromatic carbocycles. The van der Waals surface area contributed by atoms with E-state index in [9.17, 15) is 4.79 Å². The SMILES string of the molecule is O=C(O)c1cccnc1-c1coc(-c2ccccc2)n1. The quantitative estimate of drug-likeness (QED) is 0.788. The minimum absolute atomic E-state index is 0.0976. The predicted molar refractivity (Wildman–Crippen MR) is 72.1 cm³/mol. The summed E-state index contributed by atoms with van der Waals surface area (Å²) in [5.74, 6) is -0.611. The zero-order valence-electron chi connectivity index (χ0n) is 10.4. The van der Waals surface area contributed by atoms with Gasteiger partial charge in [0.25, 0.3) is 0 Å². The molecule has 0 unspecified atom stereocenters. The molecule has 3 rings (SSSR count). The highest BCUT2D eigenvalue weighted by molar-refractivity contribution is 5.94. The number of benzene rings is 1. The highest BCUT2D eigenvalue weighted by Crippen LogP contribution is 2.25. The van der Waals surface area contributed by atoms with Crippen molar-refractivity contribution in [2.45, 2.75) is 0 Å². The van der Waals surface area contributed by atoms with E-state index in [4.69, 9.17) is 9.52 Å². The molecule has 3 aromatic rings. The molecular formula is C15H10N2O3. The van der Waals surface area contributed by atoms with E-state index in [1.165, 1.54) is 18.5 Å². The largest absolute Gasteiger partial charge is 0.478 e. The summed E-state index contributed by atoms with van der Waals surface area (Å²) in [6.07, 6.45) is 2.94. The molecule has 1 N–H and O–H groups in total. The van der Waals surface area contributed by atoms with E-state index in [0.29, 0.717) is 17.3 Å². The van der Waals surface area contributed by atoms with Crippen LogP contribution in [0.3, 0.4) is 0 Å². The van der Waals surface area contributed by atoms with Crippen LogP contribution in [0.1, 0.15) is 10.4 Å². The second-order valence-corrected chi connectivity index (χ2v) is 4.11. The van der Waals surface area contributed by atoms with E-state index < -0.39 is 5.97 Å². The Labute approximate surface area is 114 Å². The summed E-state index contributed by atoms with van der Waals surface area (Å²) in [5, 5.41) is 9.15. The lowest BCUT2D eigenvalue weighted by atomic mass is 10.1. The number of pyridine rings is 1. The minimum atomic E-state index is -1.04. The van der Waals surface area contributed by atoms with Gasteiger partial charge in [-0.2, -0.15) is 0 Å². The van der Waals surface area contributed by atoms with Crippen LogP contribution in [0.25, 0.3) is 22.8 Å². The van der Waals surface area contributed by atoms with Crippen molar-refractivity contribution in [2.75, 3.05) is 0 Å². The third-order valence-electron chi connectivity index (χ3n) is 2.81. The Balaban J connectivity index is 2.05. The van der Waals surface area contributed by atoms with Crippen LogP contribution < -0.4 is 0 Å². The Morgan fingerprint density at radius 1 is 1.10 bits per heavy atom. The van der Waals surface area contributed by atoms with Gasteiger partial charge >= 0.3 is 5.97 Å². The van der Waals surface area contributed by atoms with Crippen molar-refractivity contribution in [3.8, 4) is 22.8 Å². The van der Waals surface area contributed by atoms with E-state index in [-0.39, 0.29) is 5.56 Å². The molecule has 0 saturated carbocycles. The van der Waals surface area contributed by atoms with Gasteiger partial charge in [0.2, 0.25) is 5.89 Å². The lowest BCUT2D eigenvalue weighted by Gasteiger charge is -1.99. The fraction of sp³-hybridized carbons (Fsp3) is 0. The van der Waals surface area contributed by atoms with Crippen molar-refractivity contribution >= 4 is 5.97 Å². The van der Waals surface area contributed by atoms with Crippen molar-refractivity contribution in [3.05, 3.63) is 60.5 Å². The second-order valence-electron chi connectivity index (χ2n) is 4.11. The highest BCUT2D eigenvalue weighted by Gasteiger charge is 2.16. The normalized spacial score (nSPS) is 10.4. The maximum Gasteiger partial charge on any atom is 0.337 e. The van der Waals surface area contributed by atoms with Crippen molar-refractivity contribution in [2.24, 2.45) is 0 Å². The molecule has 2 heterocycles. The van der Waals surface area contributed by atoms with Gasteiger partial charge < -0.3 is 9.52 Å². The Morgan fingerprint density at radius 2 is 1.90 bits per heavy atom. The smallest absolute Gasteiger partial charge is 0.337 e. The Bertz CT molecular complexity index is 751. The molecule has 0 aliphatic rings. The van der Waals surface area contributed by atoms with Crippen LogP contribution in [0.15, 0.2) is 59.3 Å². The van der Waals surface area contributed by atoms with Crippen LogP contribution in [0, 0.1) is 0 Å². The van der Waals surface area contributed by atoms with Gasteiger partial charge in [-0.3, -0.25) is 4.98 Å². The number of oxazole rings is 1. The first-order chi connectivity index (χ1) is 9.75. The van der Waals surface area contributed by atoms with E-state index in [1.807, 2.05) is 30.3 Å². The average Bonchev–Trinajstić information content (AvgIpc) is 2.98. The van der Waals surface area contributed by atoms with Gasteiger partial charge in [-0.25, -0.2) is 9.78 Å². The van der Waals surface area contributed by atoms with Crippen molar-refractivity contribution < 1.29 is 14.3 Å². The van der Waals surface area contributed by atoms with Gasteiger partial charge in [-0.05, 0) is 24.3 Å². The van der Waals surface area contributed by atoms with Crippen molar-refractivity contribution in [1.82, 2.24) is 9.97 Å². The molecule has 0 amide bonds. The number of hydrogen-bond acceptors (Lipinski definition) is 4. The standard InChI is InChI=1S/C15H10N2O3/c18-15(19)11-7-4-8-16-13(11)12-9-20-14(17-12)10-5-2-1-3-6-10/h1-9H,(H,18,19). The van der Waals surface area contributed by atoms with Gasteiger partial charge in [-0.1, -0.05) is 18.2 Å². The zero-order chi connectivity index (χ0) is 13.9. The van der Waals surface area contributed by atoms with Gasteiger partial charge in [0.15, 0.2) is 0 Å². The van der Waals surface area contributed by atoms with E-state index >= 15 is 0 Å². The Morgan fingerprint density at radius 3 is 2.65 bits per heavy atom. The maximum absolute atomic E-state index is 11.2. The van der Waals surface area contributed by atoms with Gasteiger partial charge in [0.1, 0.15) is 17.7 Å². The summed E-state index contributed by atoms with van der Waals surface area (Å²) in [6.45, 7) is 0. The molecule has 2 aromatic heterocycles. The maximum atomic E-state index is 11.2. The van der Waals surface area contributed by atoms with Gasteiger partial charge in [-0.15, -0.1) is 0 Å². The van der Waals surface area contributed by atoms with Crippen molar-refractivity contribution in [3.63, 3.8) is 0 Å². The molecule has 0 aliphatic carbocycles. The number of aromatic carboxylic acids is 1. The number of carboxylic acid groups (broad SMARTS) is 1. The number of carboxylic acids is 1. The number of nitrogens with zero attached hydrogens (tertiary/aromatic N) is 2. The molecule has 5 heteroatoms. The summed E-state index contributed by atoms with van der Waals surface area (Å²) < 4.78 is 5.40. The predicted octanol–water partition coefficient (Wildman–Crippen LogP) is 3.10. The van der Waals surface area contributed by atoms with Crippen LogP contribution in [-0.2, 0) is 0 Å². The Hall–Kier alpha value is -2.95. The number of rotatable bonds is 3. The van der Waals surface area contributed by atoms with Gasteiger partial charge in [0.05, 0.1) is 5.56 Å². The minimum Gasteiger partial charge on any atom is -0.478 e. The van der Waals surface area contributed by atoms with Crippen molar-refractivity contribution in [1.29, 1.82) is 0 Å². The van der Waals surface area contributed by atoms with Crippen LogP contribution >= 0.6 is 0 Å². The third kappa shape index (κ3) is 2.16. The monoisotopic (exact) mass is 266 g/mol. The molecule has 5 nitrogen and oxygen atoms in total. The average molecular weight is 266 g/mol. The van der Waals surface area contributed by atoms with E-state index in [0.717, 1.165) is 5.56 Å². The Kier molecular flexibility index (Phi) is 3.01. The molecule has 98 valence electrons. The number of carbonyl (C=O) groups is 1. The molecule has 0 spiro atoms. The molecule has 0 atom stereocenters. The zero-order valence-corrected chi connectivity index (χ0v) is 10.4. The lowest BCUT2D eigenvalue weighted by molar-refractivity contribution is 0.0697. The summed E-state index contributed by atoms with van der Waals surface area (Å²) in [7, 11) is 0. The first-order valence-electron chi connectivity index (χ1n) is 5.95. The second kappa shape index (κ2) is 4.97. The number of aromatic nitrogens is 2. The summed E-state index contributed by atoms with van der Waals surface area (Å²) >= 11 is 0. The first kappa shape index (κ1) is 12.1. The summed E-state index contributed by atoms with van der Waals surface area (Å²) in [5.41, 5.74) is 1.62. The fourth-order valence-corrected chi connectivity index (χ4v) is 1.88. The van der Waals surface area contributed by atoms with Crippen LogP contribution in [0.2, 0.25) is 0 Å². The van der Waals surface area contributed by atoms with E-state index in [1.54, 1.807) is 6.07 Å². The highest BCUT2D eigenvalue weighted by atomic mass is 16.4. The third-order valence-corrected chi connectivity index (χ3v) is 2.81. The molecule has 0 aliphatic heterocycles.